The Balaban J connectivity index is 1.71. The molecule has 0 spiro atoms. The summed E-state index contributed by atoms with van der Waals surface area (Å²) in [5.74, 6) is 0.591. The number of rotatable bonds is 5. The van der Waals surface area contributed by atoms with Gasteiger partial charge in [-0.25, -0.2) is 0 Å². The molecule has 0 bridgehead atoms. The van der Waals surface area contributed by atoms with E-state index in [2.05, 4.69) is 38.7 Å². The summed E-state index contributed by atoms with van der Waals surface area (Å²) in [5.41, 5.74) is 0. The molecule has 2 rings (SSSR count). The fourth-order valence-corrected chi connectivity index (χ4v) is 3.40. The van der Waals surface area contributed by atoms with E-state index in [-0.39, 0.29) is 0 Å². The highest BCUT2D eigenvalue weighted by molar-refractivity contribution is 9.11. The fourth-order valence-electron chi connectivity index (χ4n) is 1.95. The molecule has 2 atom stereocenters. The summed E-state index contributed by atoms with van der Waals surface area (Å²) in [5, 5.41) is 6.79. The third-order valence-corrected chi connectivity index (χ3v) is 4.53. The molecule has 0 aliphatic carbocycles. The largest absolute Gasteiger partial charge is 0.379 e. The fraction of sp³-hybridized carbons (Fsp3) is 0.636. The Hall–Kier alpha value is 0.0600. The minimum atomic E-state index is 0.502. The standard InChI is InChI=1S/C11H17BrN2OS/c1-13-10-7-15-6-8(10)4-14-5-9-2-3-11(12)16-9/h2-3,8,10,13-14H,4-7H2,1H3. The molecule has 1 fully saturated rings. The highest BCUT2D eigenvalue weighted by atomic mass is 79.9. The molecule has 1 saturated heterocycles. The van der Waals surface area contributed by atoms with Crippen LogP contribution in [-0.2, 0) is 11.3 Å². The van der Waals surface area contributed by atoms with Crippen LogP contribution in [0.5, 0.6) is 0 Å². The molecule has 1 aliphatic rings. The maximum absolute atomic E-state index is 5.46. The van der Waals surface area contributed by atoms with E-state index in [4.69, 9.17) is 4.74 Å². The Morgan fingerprint density at radius 3 is 3.06 bits per heavy atom. The second kappa shape index (κ2) is 6.12. The van der Waals surface area contributed by atoms with Crippen LogP contribution in [0.4, 0.5) is 0 Å². The lowest BCUT2D eigenvalue weighted by Gasteiger charge is -2.16. The molecular weight excluding hydrogens is 288 g/mol. The predicted molar refractivity (Wildman–Crippen MR) is 70.9 cm³/mol. The molecular formula is C11H17BrN2OS. The third kappa shape index (κ3) is 3.28. The average molecular weight is 305 g/mol. The van der Waals surface area contributed by atoms with Crippen LogP contribution in [0.15, 0.2) is 15.9 Å². The molecule has 0 amide bonds. The number of halogens is 1. The molecule has 1 aliphatic heterocycles. The van der Waals surface area contributed by atoms with Gasteiger partial charge in [-0.1, -0.05) is 0 Å². The van der Waals surface area contributed by atoms with E-state index in [0.29, 0.717) is 12.0 Å². The molecule has 3 nitrogen and oxygen atoms in total. The summed E-state index contributed by atoms with van der Waals surface area (Å²) in [6.45, 7) is 3.67. The summed E-state index contributed by atoms with van der Waals surface area (Å²) in [6.07, 6.45) is 0. The van der Waals surface area contributed by atoms with E-state index >= 15 is 0 Å². The van der Waals surface area contributed by atoms with E-state index in [1.807, 2.05) is 7.05 Å². The van der Waals surface area contributed by atoms with Crippen molar-refractivity contribution in [3.63, 3.8) is 0 Å². The molecule has 90 valence electrons. The van der Waals surface area contributed by atoms with Crippen LogP contribution in [0.3, 0.4) is 0 Å². The number of ether oxygens (including phenoxy) is 1. The minimum absolute atomic E-state index is 0.502. The van der Waals surface area contributed by atoms with Crippen LogP contribution < -0.4 is 10.6 Å². The topological polar surface area (TPSA) is 33.3 Å². The maximum Gasteiger partial charge on any atom is 0.0701 e. The summed E-state index contributed by atoms with van der Waals surface area (Å²) in [7, 11) is 2.00. The molecule has 0 aromatic carbocycles. The lowest BCUT2D eigenvalue weighted by atomic mass is 10.0. The van der Waals surface area contributed by atoms with E-state index in [1.54, 1.807) is 11.3 Å². The van der Waals surface area contributed by atoms with Gasteiger partial charge in [-0.05, 0) is 35.1 Å². The van der Waals surface area contributed by atoms with Gasteiger partial charge in [-0.3, -0.25) is 0 Å². The van der Waals surface area contributed by atoms with Crippen molar-refractivity contribution in [3.8, 4) is 0 Å². The van der Waals surface area contributed by atoms with Gasteiger partial charge in [0.15, 0.2) is 0 Å². The molecule has 1 aromatic heterocycles. The van der Waals surface area contributed by atoms with Gasteiger partial charge in [-0.15, -0.1) is 11.3 Å². The molecule has 16 heavy (non-hydrogen) atoms. The Morgan fingerprint density at radius 2 is 2.38 bits per heavy atom. The smallest absolute Gasteiger partial charge is 0.0701 e. The molecule has 0 saturated carbocycles. The molecule has 0 radical (unpaired) electrons. The number of hydrogen-bond donors (Lipinski definition) is 2. The van der Waals surface area contributed by atoms with Crippen LogP contribution >= 0.6 is 27.3 Å². The zero-order valence-corrected chi connectivity index (χ0v) is 11.7. The molecule has 2 unspecified atom stereocenters. The minimum Gasteiger partial charge on any atom is -0.379 e. The molecule has 5 heteroatoms. The highest BCUT2D eigenvalue weighted by Crippen LogP contribution is 2.22. The predicted octanol–water partition coefficient (Wildman–Crippen LogP) is 1.83. The second-order valence-electron chi connectivity index (χ2n) is 4.03. The van der Waals surface area contributed by atoms with Gasteiger partial charge >= 0.3 is 0 Å². The normalized spacial score (nSPS) is 25.1. The lowest BCUT2D eigenvalue weighted by molar-refractivity contribution is 0.182. The van der Waals surface area contributed by atoms with E-state index in [1.165, 1.54) is 8.66 Å². The van der Waals surface area contributed by atoms with Crippen LogP contribution in [0.25, 0.3) is 0 Å². The van der Waals surface area contributed by atoms with Gasteiger partial charge in [-0.2, -0.15) is 0 Å². The van der Waals surface area contributed by atoms with Crippen molar-refractivity contribution < 1.29 is 4.74 Å². The van der Waals surface area contributed by atoms with Gasteiger partial charge < -0.3 is 15.4 Å². The summed E-state index contributed by atoms with van der Waals surface area (Å²) >= 11 is 5.26. The Morgan fingerprint density at radius 1 is 1.50 bits per heavy atom. The Bertz CT molecular complexity index is 332. The van der Waals surface area contributed by atoms with E-state index in [9.17, 15) is 0 Å². The first-order chi connectivity index (χ1) is 7.79. The van der Waals surface area contributed by atoms with Gasteiger partial charge in [0.1, 0.15) is 0 Å². The Kier molecular flexibility index (Phi) is 4.79. The first kappa shape index (κ1) is 12.5. The number of hydrogen-bond acceptors (Lipinski definition) is 4. The summed E-state index contributed by atoms with van der Waals surface area (Å²) in [6, 6.07) is 4.75. The molecule has 2 N–H and O–H groups in total. The summed E-state index contributed by atoms with van der Waals surface area (Å²) < 4.78 is 6.66. The van der Waals surface area contributed by atoms with Gasteiger partial charge in [0.05, 0.1) is 17.0 Å². The average Bonchev–Trinajstić information content (AvgIpc) is 2.87. The van der Waals surface area contributed by atoms with Crippen molar-refractivity contribution in [3.05, 3.63) is 20.8 Å². The second-order valence-corrected chi connectivity index (χ2v) is 6.58. The Labute approximate surface area is 109 Å². The zero-order chi connectivity index (χ0) is 11.4. The highest BCUT2D eigenvalue weighted by Gasteiger charge is 2.26. The first-order valence-corrected chi connectivity index (χ1v) is 7.10. The third-order valence-electron chi connectivity index (χ3n) is 2.90. The van der Waals surface area contributed by atoms with Crippen molar-refractivity contribution in [2.24, 2.45) is 5.92 Å². The first-order valence-electron chi connectivity index (χ1n) is 5.49. The quantitative estimate of drug-likeness (QED) is 0.871. The monoisotopic (exact) mass is 304 g/mol. The van der Waals surface area contributed by atoms with Crippen LogP contribution in [0.1, 0.15) is 4.88 Å². The van der Waals surface area contributed by atoms with Gasteiger partial charge in [0.25, 0.3) is 0 Å². The lowest BCUT2D eigenvalue weighted by Crippen LogP contribution is -2.38. The van der Waals surface area contributed by atoms with Crippen molar-refractivity contribution >= 4 is 27.3 Å². The maximum atomic E-state index is 5.46. The van der Waals surface area contributed by atoms with Gasteiger partial charge in [0, 0.05) is 29.9 Å². The number of likely N-dealkylation sites (N-methyl/N-ethyl adjacent to an activating group) is 1. The van der Waals surface area contributed by atoms with Crippen LogP contribution in [0.2, 0.25) is 0 Å². The summed E-state index contributed by atoms with van der Waals surface area (Å²) in [4.78, 5) is 1.37. The van der Waals surface area contributed by atoms with Gasteiger partial charge in [0.2, 0.25) is 0 Å². The number of thiophene rings is 1. The van der Waals surface area contributed by atoms with E-state index < -0.39 is 0 Å². The van der Waals surface area contributed by atoms with Crippen molar-refractivity contribution in [2.75, 3.05) is 26.8 Å². The molecule has 1 aromatic rings. The SMILES string of the molecule is CNC1COCC1CNCc1ccc(Br)s1. The number of nitrogens with one attached hydrogen (secondary N) is 2. The van der Waals surface area contributed by atoms with Crippen LogP contribution in [-0.4, -0.2) is 32.8 Å². The van der Waals surface area contributed by atoms with Crippen molar-refractivity contribution in [1.29, 1.82) is 0 Å². The van der Waals surface area contributed by atoms with Crippen molar-refractivity contribution in [1.82, 2.24) is 10.6 Å². The molecule has 2 heterocycles. The zero-order valence-electron chi connectivity index (χ0n) is 9.33. The van der Waals surface area contributed by atoms with Crippen LogP contribution in [0, 0.1) is 5.92 Å². The van der Waals surface area contributed by atoms with Crippen molar-refractivity contribution in [2.45, 2.75) is 12.6 Å². The van der Waals surface area contributed by atoms with E-state index in [0.717, 1.165) is 26.3 Å².